The molecule has 4 N–H and O–H groups in total. The zero-order valence-corrected chi connectivity index (χ0v) is 29.7. The van der Waals surface area contributed by atoms with Gasteiger partial charge in [0.1, 0.15) is 0 Å². The highest BCUT2D eigenvalue weighted by atomic mass is 32.2. The molecule has 12 nitrogen and oxygen atoms in total. The number of hydrogen-bond donors (Lipinski definition) is 3. The first kappa shape index (κ1) is 40.7. The monoisotopic (exact) mass is 703 g/mol. The molecule has 0 radical (unpaired) electrons. The number of carbonyl (C=O) groups is 4. The highest BCUT2D eigenvalue weighted by molar-refractivity contribution is 7.90. The van der Waals surface area contributed by atoms with Crippen LogP contribution in [-0.4, -0.2) is 93.0 Å². The Morgan fingerprint density at radius 1 is 1.08 bits per heavy atom. The number of nitrogens with zero attached hydrogens (tertiary/aromatic N) is 2. The van der Waals surface area contributed by atoms with Crippen molar-refractivity contribution in [3.8, 4) is 0 Å². The summed E-state index contributed by atoms with van der Waals surface area (Å²) >= 11 is 0. The number of rotatable bonds is 12. The second-order valence-electron chi connectivity index (χ2n) is 13.5. The SMILES string of the molecule is CO[C@H]([C@@H](C)C(=O)NS(=O)(=O)c1ccc(NC(=O)C(F)(F)F)cc1)[C@@H]1CCCN1C(=O)/C(C)=C/C(C(C)C)N(C)C(=O)[C@@H](N)C(C)(C)C. The van der Waals surface area contributed by atoms with E-state index in [1.807, 2.05) is 39.3 Å². The molecule has 1 aromatic rings. The minimum atomic E-state index is -5.13. The number of alkyl halides is 3. The van der Waals surface area contributed by atoms with Gasteiger partial charge in [-0.05, 0) is 55.4 Å². The lowest BCUT2D eigenvalue weighted by molar-refractivity contribution is -0.167. The third kappa shape index (κ3) is 10.0. The van der Waals surface area contributed by atoms with Crippen LogP contribution in [-0.2, 0) is 33.9 Å². The number of ether oxygens (including phenoxy) is 1. The molecule has 1 saturated heterocycles. The summed E-state index contributed by atoms with van der Waals surface area (Å²) in [6, 6.07) is 2.05. The molecule has 270 valence electrons. The number of nitrogens with two attached hydrogens (primary N) is 1. The predicted octanol–water partition coefficient (Wildman–Crippen LogP) is 3.44. The average Bonchev–Trinajstić information content (AvgIpc) is 3.46. The number of nitrogens with one attached hydrogen (secondary N) is 2. The van der Waals surface area contributed by atoms with E-state index in [0.29, 0.717) is 25.0 Å². The van der Waals surface area contributed by atoms with E-state index in [9.17, 15) is 40.8 Å². The first-order valence-electron chi connectivity index (χ1n) is 15.5. The van der Waals surface area contributed by atoms with Crippen molar-refractivity contribution in [1.29, 1.82) is 0 Å². The number of benzene rings is 1. The van der Waals surface area contributed by atoms with Crippen molar-refractivity contribution in [1.82, 2.24) is 14.5 Å². The van der Waals surface area contributed by atoms with Crippen molar-refractivity contribution >= 4 is 39.3 Å². The number of likely N-dealkylation sites (N-methyl/N-ethyl adjacent to an activating group) is 1. The summed E-state index contributed by atoms with van der Waals surface area (Å²) in [6.45, 7) is 13.0. The normalized spacial score (nSPS) is 18.6. The van der Waals surface area contributed by atoms with Gasteiger partial charge in [-0.1, -0.05) is 47.6 Å². The number of likely N-dealkylation sites (tertiary alicyclic amines) is 1. The lowest BCUT2D eigenvalue weighted by atomic mass is 9.86. The van der Waals surface area contributed by atoms with Gasteiger partial charge in [0.25, 0.3) is 10.0 Å². The fourth-order valence-electron chi connectivity index (χ4n) is 5.48. The molecule has 1 unspecified atom stereocenters. The Labute approximate surface area is 280 Å². The van der Waals surface area contributed by atoms with E-state index in [1.165, 1.54) is 14.0 Å². The minimum Gasteiger partial charge on any atom is -0.378 e. The van der Waals surface area contributed by atoms with Crippen LogP contribution in [0.25, 0.3) is 0 Å². The minimum absolute atomic E-state index is 0.0459. The van der Waals surface area contributed by atoms with E-state index >= 15 is 0 Å². The molecule has 2 rings (SSSR count). The number of sulfonamides is 1. The molecule has 0 aromatic heterocycles. The standard InChI is InChI=1S/C32H48F3N5O7S/c1-18(2)24(39(8)29(43)26(36)31(5,6)7)17-19(3)28(42)40-16-10-11-23(40)25(47-9)20(4)27(41)38-48(45,46)22-14-12-21(13-15-22)37-30(44)32(33,34)35/h12-15,17-18,20,23-26H,10-11,16,36H2,1-9H3,(H,37,44)(H,38,41)/b19-17+/t20-,23+,24?,25-,26-/m1/s1. The highest BCUT2D eigenvalue weighted by Crippen LogP contribution is 2.29. The Hall–Kier alpha value is -3.50. The summed E-state index contributed by atoms with van der Waals surface area (Å²) in [5.41, 5.74) is 5.85. The second-order valence-corrected chi connectivity index (χ2v) is 15.2. The average molecular weight is 704 g/mol. The van der Waals surface area contributed by atoms with Gasteiger partial charge in [0, 0.05) is 32.0 Å². The molecule has 0 saturated carbocycles. The van der Waals surface area contributed by atoms with E-state index in [0.717, 1.165) is 24.3 Å². The van der Waals surface area contributed by atoms with E-state index < -0.39 is 68.5 Å². The van der Waals surface area contributed by atoms with E-state index in [2.05, 4.69) is 0 Å². The summed E-state index contributed by atoms with van der Waals surface area (Å²) < 4.78 is 71.1. The third-order valence-electron chi connectivity index (χ3n) is 8.47. The summed E-state index contributed by atoms with van der Waals surface area (Å²) in [4.78, 5) is 54.0. The van der Waals surface area contributed by atoms with Crippen LogP contribution in [0.4, 0.5) is 18.9 Å². The summed E-state index contributed by atoms with van der Waals surface area (Å²) in [6.07, 6.45) is -3.19. The summed E-state index contributed by atoms with van der Waals surface area (Å²) in [7, 11) is -1.45. The van der Waals surface area contributed by atoms with Gasteiger partial charge in [0.2, 0.25) is 17.7 Å². The topological polar surface area (TPSA) is 168 Å². The highest BCUT2D eigenvalue weighted by Gasteiger charge is 2.42. The van der Waals surface area contributed by atoms with Crippen LogP contribution in [0.1, 0.15) is 61.3 Å². The zero-order valence-electron chi connectivity index (χ0n) is 28.8. The van der Waals surface area contributed by atoms with Crippen LogP contribution in [0.2, 0.25) is 0 Å². The van der Waals surface area contributed by atoms with Gasteiger partial charge in [-0.25, -0.2) is 13.1 Å². The summed E-state index contributed by atoms with van der Waals surface area (Å²) in [5, 5.41) is 1.61. The van der Waals surface area contributed by atoms with Crippen molar-refractivity contribution in [2.45, 2.75) is 96.6 Å². The zero-order chi connectivity index (χ0) is 36.9. The molecule has 1 aliphatic rings. The fourth-order valence-corrected chi connectivity index (χ4v) is 6.54. The molecule has 1 aromatic carbocycles. The van der Waals surface area contributed by atoms with Crippen LogP contribution in [0, 0.1) is 17.3 Å². The van der Waals surface area contributed by atoms with Gasteiger partial charge in [-0.15, -0.1) is 0 Å². The Bertz CT molecular complexity index is 1470. The van der Waals surface area contributed by atoms with Crippen molar-refractivity contribution in [2.24, 2.45) is 23.0 Å². The number of halogens is 3. The quantitative estimate of drug-likeness (QED) is 0.279. The molecule has 1 aliphatic heterocycles. The molecule has 4 amide bonds. The number of carbonyl (C=O) groups excluding carboxylic acids is 4. The van der Waals surface area contributed by atoms with E-state index in [-0.39, 0.29) is 23.4 Å². The molecule has 0 bridgehead atoms. The van der Waals surface area contributed by atoms with E-state index in [4.69, 9.17) is 10.5 Å². The molecule has 0 spiro atoms. The Morgan fingerprint density at radius 2 is 1.65 bits per heavy atom. The Morgan fingerprint density at radius 3 is 2.12 bits per heavy atom. The van der Waals surface area contributed by atoms with Gasteiger partial charge in [0.05, 0.1) is 35.0 Å². The molecule has 1 heterocycles. The number of amides is 4. The van der Waals surface area contributed by atoms with Gasteiger partial charge in [-0.3, -0.25) is 19.2 Å². The predicted molar refractivity (Wildman–Crippen MR) is 174 cm³/mol. The lowest BCUT2D eigenvalue weighted by Crippen LogP contribution is -2.53. The van der Waals surface area contributed by atoms with Crippen molar-refractivity contribution in [3.63, 3.8) is 0 Å². The van der Waals surface area contributed by atoms with Gasteiger partial charge in [-0.2, -0.15) is 13.2 Å². The number of methoxy groups -OCH3 is 1. The maximum atomic E-state index is 13.8. The third-order valence-corrected chi connectivity index (χ3v) is 9.83. The van der Waals surface area contributed by atoms with Crippen LogP contribution >= 0.6 is 0 Å². The molecule has 48 heavy (non-hydrogen) atoms. The number of anilines is 1. The van der Waals surface area contributed by atoms with Gasteiger partial charge < -0.3 is 25.6 Å². The number of hydrogen-bond acceptors (Lipinski definition) is 8. The Kier molecular flexibility index (Phi) is 13.4. The van der Waals surface area contributed by atoms with Crippen LogP contribution in [0.3, 0.4) is 0 Å². The van der Waals surface area contributed by atoms with Crippen LogP contribution in [0.5, 0.6) is 0 Å². The molecule has 1 fully saturated rings. The smallest absolute Gasteiger partial charge is 0.378 e. The van der Waals surface area contributed by atoms with E-state index in [1.54, 1.807) is 35.2 Å². The van der Waals surface area contributed by atoms with Gasteiger partial charge in [0.15, 0.2) is 0 Å². The molecular formula is C32H48F3N5O7S. The summed E-state index contributed by atoms with van der Waals surface area (Å²) in [5.74, 6) is -4.81. The van der Waals surface area contributed by atoms with Gasteiger partial charge >= 0.3 is 12.1 Å². The van der Waals surface area contributed by atoms with Crippen molar-refractivity contribution in [2.75, 3.05) is 26.0 Å². The van der Waals surface area contributed by atoms with Crippen LogP contribution in [0.15, 0.2) is 40.8 Å². The second kappa shape index (κ2) is 15.8. The fraction of sp³-hybridized carbons (Fsp3) is 0.625. The maximum absolute atomic E-state index is 13.8. The largest absolute Gasteiger partial charge is 0.471 e. The van der Waals surface area contributed by atoms with Crippen molar-refractivity contribution < 1.29 is 45.5 Å². The lowest BCUT2D eigenvalue weighted by Gasteiger charge is -2.36. The molecule has 0 aliphatic carbocycles. The Balaban J connectivity index is 2.22. The maximum Gasteiger partial charge on any atom is 0.471 e. The molecule has 16 heteroatoms. The van der Waals surface area contributed by atoms with Crippen LogP contribution < -0.4 is 15.8 Å². The molecule has 5 atom stereocenters. The van der Waals surface area contributed by atoms with Crippen molar-refractivity contribution in [3.05, 3.63) is 35.9 Å². The molecular weight excluding hydrogens is 655 g/mol. The first-order chi connectivity index (χ1) is 21.9. The first-order valence-corrected chi connectivity index (χ1v) is 17.0.